The number of nitrogens with one attached hydrogen (secondary N) is 1. The maximum absolute atomic E-state index is 12.2. The number of carbonyl (C=O) groups excluding carboxylic acids is 1. The first kappa shape index (κ1) is 15.8. The van der Waals surface area contributed by atoms with Gasteiger partial charge in [0, 0.05) is 0 Å². The maximum Gasteiger partial charge on any atom is 0.516 e. The number of hydrogen-bond donors (Lipinski definition) is 1. The molecule has 5 nitrogen and oxygen atoms in total. The van der Waals surface area contributed by atoms with Crippen molar-refractivity contribution in [3.05, 3.63) is 16.5 Å². The summed E-state index contributed by atoms with van der Waals surface area (Å²) >= 11 is 0.586. The lowest BCUT2D eigenvalue weighted by Gasteiger charge is -2.08. The van der Waals surface area contributed by atoms with Gasteiger partial charge in [0.05, 0.1) is 6.61 Å². The van der Waals surface area contributed by atoms with Crippen molar-refractivity contribution in [1.82, 2.24) is 0 Å². The summed E-state index contributed by atoms with van der Waals surface area (Å²) in [5, 5.41) is -0.294. The summed E-state index contributed by atoms with van der Waals surface area (Å²) < 4.78 is 64.4. The Bertz CT molecular complexity index is 577. The number of thiophene rings is 1. The molecule has 0 aliphatic heterocycles. The number of hydrogen-bond acceptors (Lipinski definition) is 5. The Morgan fingerprint density at radius 1 is 1.47 bits per heavy atom. The molecule has 0 atom stereocenters. The highest BCUT2D eigenvalue weighted by Gasteiger charge is 2.46. The molecule has 1 aromatic heterocycles. The van der Waals surface area contributed by atoms with E-state index in [4.69, 9.17) is 4.74 Å². The second-order valence-corrected chi connectivity index (χ2v) is 6.12. The van der Waals surface area contributed by atoms with E-state index in [9.17, 15) is 26.4 Å². The van der Waals surface area contributed by atoms with E-state index >= 15 is 0 Å². The van der Waals surface area contributed by atoms with Gasteiger partial charge in [-0.3, -0.25) is 4.72 Å². The van der Waals surface area contributed by atoms with Gasteiger partial charge in [-0.15, -0.1) is 11.3 Å². The minimum absolute atomic E-state index is 0.0572. The fraction of sp³-hybridized carbons (Fsp3) is 0.444. The topological polar surface area (TPSA) is 72.5 Å². The van der Waals surface area contributed by atoms with Gasteiger partial charge >= 0.3 is 21.5 Å². The van der Waals surface area contributed by atoms with E-state index in [-0.39, 0.29) is 16.5 Å². The molecule has 0 aromatic carbocycles. The van der Waals surface area contributed by atoms with Crippen molar-refractivity contribution < 1.29 is 31.1 Å². The zero-order chi connectivity index (χ0) is 14.8. The molecule has 108 valence electrons. The Labute approximate surface area is 111 Å². The van der Waals surface area contributed by atoms with Crippen LogP contribution in [0, 0.1) is 6.92 Å². The molecule has 0 saturated heterocycles. The number of halogens is 3. The molecule has 0 spiro atoms. The molecule has 0 bridgehead atoms. The fourth-order valence-corrected chi connectivity index (χ4v) is 2.88. The quantitative estimate of drug-likeness (QED) is 0.866. The van der Waals surface area contributed by atoms with E-state index in [0.717, 1.165) is 6.07 Å². The summed E-state index contributed by atoms with van der Waals surface area (Å²) in [6.07, 6.45) is 0. The SMILES string of the molecule is CCOC(=O)c1sc(NS(=O)(=O)C(F)(F)F)cc1C. The van der Waals surface area contributed by atoms with Gasteiger partial charge < -0.3 is 4.74 Å². The Morgan fingerprint density at radius 3 is 2.53 bits per heavy atom. The summed E-state index contributed by atoms with van der Waals surface area (Å²) in [5.41, 5.74) is -5.07. The highest BCUT2D eigenvalue weighted by Crippen LogP contribution is 2.31. The first-order chi connectivity index (χ1) is 8.58. The van der Waals surface area contributed by atoms with Crippen LogP contribution in [-0.4, -0.2) is 26.5 Å². The minimum atomic E-state index is -5.48. The number of carbonyl (C=O) groups is 1. The second kappa shape index (κ2) is 5.37. The first-order valence-corrected chi connectivity index (χ1v) is 7.25. The van der Waals surface area contributed by atoms with Gasteiger partial charge in [0.1, 0.15) is 9.88 Å². The van der Waals surface area contributed by atoms with Crippen LogP contribution in [0.5, 0.6) is 0 Å². The lowest BCUT2D eigenvalue weighted by Crippen LogP contribution is -2.29. The van der Waals surface area contributed by atoms with Crippen LogP contribution < -0.4 is 4.72 Å². The van der Waals surface area contributed by atoms with Crippen molar-refractivity contribution in [3.63, 3.8) is 0 Å². The summed E-state index contributed by atoms with van der Waals surface area (Å²) in [4.78, 5) is 11.5. The van der Waals surface area contributed by atoms with Crippen molar-refractivity contribution in [2.45, 2.75) is 19.4 Å². The zero-order valence-electron chi connectivity index (χ0n) is 9.87. The predicted octanol–water partition coefficient (Wildman–Crippen LogP) is 2.49. The van der Waals surface area contributed by atoms with Gasteiger partial charge in [0.15, 0.2) is 0 Å². The summed E-state index contributed by atoms with van der Waals surface area (Å²) in [7, 11) is -5.48. The van der Waals surface area contributed by atoms with Crippen LogP contribution in [-0.2, 0) is 14.8 Å². The average Bonchev–Trinajstić information content (AvgIpc) is 2.57. The fourth-order valence-electron chi connectivity index (χ4n) is 1.12. The van der Waals surface area contributed by atoms with Crippen molar-refractivity contribution in [2.75, 3.05) is 11.3 Å². The van der Waals surface area contributed by atoms with E-state index in [1.54, 1.807) is 6.92 Å². The van der Waals surface area contributed by atoms with Crippen molar-refractivity contribution in [1.29, 1.82) is 0 Å². The number of sulfonamides is 1. The standard InChI is InChI=1S/C9H10F3NO4S2/c1-3-17-8(14)7-5(2)4-6(18-7)13-19(15,16)9(10,11)12/h4,13H,3H2,1-2H3. The molecular weight excluding hydrogens is 307 g/mol. The molecule has 0 radical (unpaired) electrons. The van der Waals surface area contributed by atoms with Gasteiger partial charge in [-0.2, -0.15) is 21.6 Å². The Balaban J connectivity index is 3.01. The van der Waals surface area contributed by atoms with Crippen LogP contribution in [0.25, 0.3) is 0 Å². The second-order valence-electron chi connectivity index (χ2n) is 3.39. The highest BCUT2D eigenvalue weighted by atomic mass is 32.2. The van der Waals surface area contributed by atoms with Crippen LogP contribution in [0.1, 0.15) is 22.2 Å². The van der Waals surface area contributed by atoms with Crippen LogP contribution in [0.2, 0.25) is 0 Å². The van der Waals surface area contributed by atoms with E-state index in [2.05, 4.69) is 0 Å². The third kappa shape index (κ3) is 3.60. The van der Waals surface area contributed by atoms with Gasteiger partial charge in [0.25, 0.3) is 0 Å². The zero-order valence-corrected chi connectivity index (χ0v) is 11.5. The van der Waals surface area contributed by atoms with Crippen molar-refractivity contribution in [3.8, 4) is 0 Å². The number of anilines is 1. The molecule has 1 heterocycles. The lowest BCUT2D eigenvalue weighted by molar-refractivity contribution is -0.0429. The molecule has 10 heteroatoms. The first-order valence-electron chi connectivity index (χ1n) is 4.95. The molecule has 0 aliphatic carbocycles. The number of esters is 1. The normalized spacial score (nSPS) is 12.3. The van der Waals surface area contributed by atoms with Crippen molar-refractivity contribution in [2.24, 2.45) is 0 Å². The monoisotopic (exact) mass is 317 g/mol. The molecule has 1 rings (SSSR count). The van der Waals surface area contributed by atoms with Gasteiger partial charge in [0.2, 0.25) is 0 Å². The summed E-state index contributed by atoms with van der Waals surface area (Å²) in [5.74, 6) is -0.706. The summed E-state index contributed by atoms with van der Waals surface area (Å²) in [6.45, 7) is 3.15. The van der Waals surface area contributed by atoms with Gasteiger partial charge in [-0.05, 0) is 25.5 Å². The van der Waals surface area contributed by atoms with Gasteiger partial charge in [-0.1, -0.05) is 0 Å². The smallest absolute Gasteiger partial charge is 0.462 e. The number of rotatable bonds is 4. The van der Waals surface area contributed by atoms with Crippen LogP contribution in [0.4, 0.5) is 18.2 Å². The maximum atomic E-state index is 12.2. The molecule has 19 heavy (non-hydrogen) atoms. The number of aryl methyl sites for hydroxylation is 1. The van der Waals surface area contributed by atoms with Crippen LogP contribution in [0.3, 0.4) is 0 Å². The molecule has 1 N–H and O–H groups in total. The van der Waals surface area contributed by atoms with Crippen molar-refractivity contribution >= 4 is 32.3 Å². The molecular formula is C9H10F3NO4S2. The molecule has 0 unspecified atom stereocenters. The van der Waals surface area contributed by atoms with Gasteiger partial charge in [-0.25, -0.2) is 4.79 Å². The van der Waals surface area contributed by atoms with E-state index in [1.165, 1.54) is 11.6 Å². The minimum Gasteiger partial charge on any atom is -0.462 e. The predicted molar refractivity (Wildman–Crippen MR) is 63.6 cm³/mol. The van der Waals surface area contributed by atoms with E-state index in [0.29, 0.717) is 16.9 Å². The Morgan fingerprint density at radius 2 is 2.05 bits per heavy atom. The Hall–Kier alpha value is -1.29. The Kier molecular flexibility index (Phi) is 4.46. The molecule has 0 amide bonds. The lowest BCUT2D eigenvalue weighted by atomic mass is 10.3. The highest BCUT2D eigenvalue weighted by molar-refractivity contribution is 7.93. The third-order valence-electron chi connectivity index (χ3n) is 1.92. The van der Waals surface area contributed by atoms with Crippen LogP contribution >= 0.6 is 11.3 Å². The molecule has 0 aliphatic rings. The van der Waals surface area contributed by atoms with E-state index in [1.807, 2.05) is 0 Å². The number of alkyl halides is 3. The number of ether oxygens (including phenoxy) is 1. The van der Waals surface area contributed by atoms with E-state index < -0.39 is 21.5 Å². The third-order valence-corrected chi connectivity index (χ3v) is 4.28. The molecule has 1 aromatic rings. The average molecular weight is 317 g/mol. The largest absolute Gasteiger partial charge is 0.516 e. The summed E-state index contributed by atoms with van der Waals surface area (Å²) in [6, 6.07) is 1.14. The van der Waals surface area contributed by atoms with Crippen LogP contribution in [0.15, 0.2) is 6.07 Å². The molecule has 0 fully saturated rings. The molecule has 0 saturated carbocycles.